The van der Waals surface area contributed by atoms with Crippen molar-refractivity contribution in [3.63, 3.8) is 0 Å². The van der Waals surface area contributed by atoms with E-state index in [0.29, 0.717) is 5.92 Å². The highest BCUT2D eigenvalue weighted by Crippen LogP contribution is 2.22. The summed E-state index contributed by atoms with van der Waals surface area (Å²) in [5, 5.41) is 0. The first-order chi connectivity index (χ1) is 10.6. The van der Waals surface area contributed by atoms with Gasteiger partial charge in [-0.3, -0.25) is 4.79 Å². The number of carbonyl (C=O) groups excluding carboxylic acids is 1. The summed E-state index contributed by atoms with van der Waals surface area (Å²) in [5.74, 6) is 2.63. The van der Waals surface area contributed by atoms with Crippen LogP contribution in [-0.4, -0.2) is 43.4 Å². The van der Waals surface area contributed by atoms with Crippen molar-refractivity contribution in [2.24, 2.45) is 11.8 Å². The molecule has 0 aromatic carbocycles. The highest BCUT2D eigenvalue weighted by Gasteiger charge is 2.25. The third kappa shape index (κ3) is 3.05. The summed E-state index contributed by atoms with van der Waals surface area (Å²) in [6.07, 6.45) is 9.47. The number of hydrogen-bond donors (Lipinski definition) is 1. The molecule has 1 aliphatic rings. The number of rotatable bonds is 4. The second-order valence-corrected chi connectivity index (χ2v) is 6.26. The Kier molecular flexibility index (Phi) is 4.27. The molecule has 0 unspecified atom stereocenters. The molecule has 2 aromatic rings. The van der Waals surface area contributed by atoms with E-state index in [0.717, 1.165) is 44.1 Å². The number of H-pyrrole nitrogens is 1. The van der Waals surface area contributed by atoms with Gasteiger partial charge in [0.15, 0.2) is 11.6 Å². The van der Waals surface area contributed by atoms with Gasteiger partial charge in [0.2, 0.25) is 5.91 Å². The highest BCUT2D eigenvalue weighted by atomic mass is 16.2. The molecule has 1 N–H and O–H groups in total. The second kappa shape index (κ2) is 6.34. The Balaban J connectivity index is 1.60. The molecule has 0 saturated carbocycles. The summed E-state index contributed by atoms with van der Waals surface area (Å²) in [5.41, 5.74) is 0. The van der Waals surface area contributed by atoms with Crippen LogP contribution in [0.4, 0.5) is 0 Å². The van der Waals surface area contributed by atoms with Gasteiger partial charge in [0.05, 0.1) is 0 Å². The van der Waals surface area contributed by atoms with E-state index in [1.165, 1.54) is 0 Å². The lowest BCUT2D eigenvalue weighted by Crippen LogP contribution is -2.41. The Labute approximate surface area is 130 Å². The van der Waals surface area contributed by atoms with Gasteiger partial charge in [0.1, 0.15) is 0 Å². The maximum Gasteiger partial charge on any atom is 0.225 e. The lowest BCUT2D eigenvalue weighted by atomic mass is 9.96. The SMILES string of the molecule is CC(C)C(=O)N1CCC(Cn2ccnc2-c2ncc[nH]2)CC1. The smallest absolute Gasteiger partial charge is 0.225 e. The van der Waals surface area contributed by atoms with Gasteiger partial charge in [-0.05, 0) is 18.8 Å². The van der Waals surface area contributed by atoms with Crippen molar-refractivity contribution in [2.75, 3.05) is 13.1 Å². The van der Waals surface area contributed by atoms with Crippen LogP contribution >= 0.6 is 0 Å². The average molecular weight is 301 g/mol. The van der Waals surface area contributed by atoms with Crippen molar-refractivity contribution in [1.82, 2.24) is 24.4 Å². The van der Waals surface area contributed by atoms with Crippen LogP contribution < -0.4 is 0 Å². The molecular weight excluding hydrogens is 278 g/mol. The molecule has 1 saturated heterocycles. The molecule has 6 nitrogen and oxygen atoms in total. The van der Waals surface area contributed by atoms with Gasteiger partial charge >= 0.3 is 0 Å². The predicted molar refractivity (Wildman–Crippen MR) is 84.0 cm³/mol. The minimum Gasteiger partial charge on any atom is -0.342 e. The number of amides is 1. The molecule has 1 aliphatic heterocycles. The van der Waals surface area contributed by atoms with Gasteiger partial charge in [0, 0.05) is 50.3 Å². The first-order valence-electron chi connectivity index (χ1n) is 7.95. The first-order valence-corrected chi connectivity index (χ1v) is 7.95. The van der Waals surface area contributed by atoms with E-state index in [-0.39, 0.29) is 11.8 Å². The van der Waals surface area contributed by atoms with Gasteiger partial charge < -0.3 is 14.5 Å². The van der Waals surface area contributed by atoms with E-state index in [4.69, 9.17) is 0 Å². The molecule has 1 amide bonds. The molecule has 22 heavy (non-hydrogen) atoms. The standard InChI is InChI=1S/C16H23N5O/c1-12(2)16(22)20-8-3-13(4-9-20)11-21-10-7-19-15(21)14-17-5-6-18-14/h5-7,10,12-13H,3-4,8-9,11H2,1-2H3,(H,17,18). The first kappa shape index (κ1) is 14.8. The number of likely N-dealkylation sites (tertiary alicyclic amines) is 1. The van der Waals surface area contributed by atoms with Crippen LogP contribution in [0.15, 0.2) is 24.8 Å². The van der Waals surface area contributed by atoms with Crippen LogP contribution in [-0.2, 0) is 11.3 Å². The van der Waals surface area contributed by atoms with E-state index >= 15 is 0 Å². The van der Waals surface area contributed by atoms with Gasteiger partial charge in [-0.15, -0.1) is 0 Å². The number of aromatic nitrogens is 4. The number of imidazole rings is 2. The highest BCUT2D eigenvalue weighted by molar-refractivity contribution is 5.78. The third-order valence-electron chi connectivity index (χ3n) is 4.30. The summed E-state index contributed by atoms with van der Waals surface area (Å²) in [6, 6.07) is 0. The zero-order valence-corrected chi connectivity index (χ0v) is 13.2. The minimum absolute atomic E-state index is 0.0933. The van der Waals surface area contributed by atoms with Gasteiger partial charge in [-0.25, -0.2) is 9.97 Å². The molecule has 118 valence electrons. The van der Waals surface area contributed by atoms with Crippen molar-refractivity contribution in [3.05, 3.63) is 24.8 Å². The van der Waals surface area contributed by atoms with Crippen molar-refractivity contribution >= 4 is 5.91 Å². The Bertz CT molecular complexity index is 608. The summed E-state index contributed by atoms with van der Waals surface area (Å²) in [6.45, 7) is 6.60. The average Bonchev–Trinajstić information content (AvgIpc) is 3.18. The quantitative estimate of drug-likeness (QED) is 0.941. The molecule has 6 heteroatoms. The van der Waals surface area contributed by atoms with Crippen LogP contribution in [0.3, 0.4) is 0 Å². The largest absolute Gasteiger partial charge is 0.342 e. The lowest BCUT2D eigenvalue weighted by Gasteiger charge is -2.33. The maximum absolute atomic E-state index is 12.0. The molecule has 0 radical (unpaired) electrons. The Hall–Kier alpha value is -2.11. The minimum atomic E-state index is 0.0933. The number of hydrogen-bond acceptors (Lipinski definition) is 3. The number of carbonyl (C=O) groups is 1. The fourth-order valence-corrected chi connectivity index (χ4v) is 3.04. The molecular formula is C16H23N5O. The molecule has 0 aliphatic carbocycles. The maximum atomic E-state index is 12.0. The second-order valence-electron chi connectivity index (χ2n) is 6.26. The van der Waals surface area contributed by atoms with Crippen molar-refractivity contribution in [2.45, 2.75) is 33.2 Å². The van der Waals surface area contributed by atoms with Crippen molar-refractivity contribution < 1.29 is 4.79 Å². The van der Waals surface area contributed by atoms with E-state index in [1.54, 1.807) is 6.20 Å². The number of piperidine rings is 1. The zero-order valence-electron chi connectivity index (χ0n) is 13.2. The Morgan fingerprint density at radius 1 is 1.32 bits per heavy atom. The van der Waals surface area contributed by atoms with Crippen molar-refractivity contribution in [1.29, 1.82) is 0 Å². The Morgan fingerprint density at radius 3 is 2.73 bits per heavy atom. The zero-order chi connectivity index (χ0) is 15.5. The van der Waals surface area contributed by atoms with Crippen LogP contribution in [0.2, 0.25) is 0 Å². The monoisotopic (exact) mass is 301 g/mol. The summed E-state index contributed by atoms with van der Waals surface area (Å²) in [4.78, 5) is 25.8. The summed E-state index contributed by atoms with van der Waals surface area (Å²) in [7, 11) is 0. The normalized spacial score (nSPS) is 16.4. The van der Waals surface area contributed by atoms with E-state index in [1.807, 2.05) is 37.3 Å². The van der Waals surface area contributed by atoms with Crippen LogP contribution in [0, 0.1) is 11.8 Å². The predicted octanol–water partition coefficient (Wildman–Crippen LogP) is 2.17. The van der Waals surface area contributed by atoms with E-state index < -0.39 is 0 Å². The number of nitrogens with zero attached hydrogens (tertiary/aromatic N) is 4. The van der Waals surface area contributed by atoms with Crippen LogP contribution in [0.25, 0.3) is 11.6 Å². The molecule has 0 spiro atoms. The fourth-order valence-electron chi connectivity index (χ4n) is 3.04. The van der Waals surface area contributed by atoms with Gasteiger partial charge in [0.25, 0.3) is 0 Å². The van der Waals surface area contributed by atoms with Crippen LogP contribution in [0.5, 0.6) is 0 Å². The number of aromatic amines is 1. The molecule has 0 atom stereocenters. The summed E-state index contributed by atoms with van der Waals surface area (Å²) < 4.78 is 2.16. The third-order valence-corrected chi connectivity index (χ3v) is 4.30. The van der Waals surface area contributed by atoms with Gasteiger partial charge in [-0.1, -0.05) is 13.8 Å². The van der Waals surface area contributed by atoms with E-state index in [9.17, 15) is 4.79 Å². The lowest BCUT2D eigenvalue weighted by molar-refractivity contribution is -0.135. The van der Waals surface area contributed by atoms with Crippen molar-refractivity contribution in [3.8, 4) is 11.6 Å². The van der Waals surface area contributed by atoms with Crippen LogP contribution in [0.1, 0.15) is 26.7 Å². The molecule has 1 fully saturated rings. The molecule has 0 bridgehead atoms. The topological polar surface area (TPSA) is 66.8 Å². The Morgan fingerprint density at radius 2 is 2.09 bits per heavy atom. The molecule has 2 aromatic heterocycles. The van der Waals surface area contributed by atoms with Gasteiger partial charge in [-0.2, -0.15) is 0 Å². The molecule has 3 heterocycles. The molecule has 3 rings (SSSR count). The summed E-state index contributed by atoms with van der Waals surface area (Å²) >= 11 is 0. The fraction of sp³-hybridized carbons (Fsp3) is 0.562. The number of nitrogens with one attached hydrogen (secondary N) is 1. The van der Waals surface area contributed by atoms with E-state index in [2.05, 4.69) is 19.5 Å².